The van der Waals surface area contributed by atoms with E-state index in [0.29, 0.717) is 12.0 Å². The number of carbonyl (C=O) groups excluding carboxylic acids is 1. The number of amides is 2. The summed E-state index contributed by atoms with van der Waals surface area (Å²) in [5, 5.41) is 6.91. The summed E-state index contributed by atoms with van der Waals surface area (Å²) in [6.45, 7) is 13.5. The molecule has 0 fully saturated rings. The zero-order chi connectivity index (χ0) is 21.2. The molecule has 154 valence electrons. The summed E-state index contributed by atoms with van der Waals surface area (Å²) in [7, 11) is 0. The Morgan fingerprint density at radius 1 is 1.24 bits per heavy atom. The van der Waals surface area contributed by atoms with Crippen LogP contribution in [0.15, 0.2) is 47.6 Å². The van der Waals surface area contributed by atoms with Crippen LogP contribution in [0.1, 0.15) is 63.6 Å². The molecule has 0 spiro atoms. The number of hydrogen-bond donors (Lipinski definition) is 2. The number of hydrogen-bond acceptors (Lipinski definition) is 3. The summed E-state index contributed by atoms with van der Waals surface area (Å²) in [4.78, 5) is 14.5. The van der Waals surface area contributed by atoms with Crippen LogP contribution in [0, 0.1) is 6.92 Å². The molecule has 5 heteroatoms. The summed E-state index contributed by atoms with van der Waals surface area (Å²) in [6, 6.07) is 13.9. The summed E-state index contributed by atoms with van der Waals surface area (Å²) in [6.07, 6.45) is 2.84. The van der Waals surface area contributed by atoms with Crippen molar-refractivity contribution in [2.24, 2.45) is 5.10 Å². The molecule has 2 amide bonds. The minimum atomic E-state index is -0.357. The highest BCUT2D eigenvalue weighted by atomic mass is 16.2. The van der Waals surface area contributed by atoms with Crippen molar-refractivity contribution < 1.29 is 4.79 Å². The zero-order valence-electron chi connectivity index (χ0n) is 18.3. The maximum Gasteiger partial charge on any atom is 0.339 e. The van der Waals surface area contributed by atoms with Crippen molar-refractivity contribution in [3.63, 3.8) is 0 Å². The number of urea groups is 1. The van der Waals surface area contributed by atoms with E-state index in [0.717, 1.165) is 23.2 Å². The molecule has 0 bridgehead atoms. The third-order valence-corrected chi connectivity index (χ3v) is 5.58. The molecule has 1 aliphatic heterocycles. The molecule has 0 saturated heterocycles. The minimum absolute atomic E-state index is 0.125. The first-order valence-corrected chi connectivity index (χ1v) is 10.3. The number of hydrazone groups is 1. The topological polar surface area (TPSA) is 56.7 Å². The van der Waals surface area contributed by atoms with Crippen molar-refractivity contribution in [2.75, 3.05) is 10.2 Å². The van der Waals surface area contributed by atoms with Gasteiger partial charge in [0.05, 0.1) is 6.21 Å². The molecular formula is C24H32N4O. The van der Waals surface area contributed by atoms with Gasteiger partial charge in [-0.15, -0.1) is 0 Å². The second-order valence-electron chi connectivity index (χ2n) is 8.84. The molecule has 0 saturated carbocycles. The van der Waals surface area contributed by atoms with Crippen molar-refractivity contribution in [3.8, 4) is 0 Å². The fourth-order valence-electron chi connectivity index (χ4n) is 4.57. The van der Waals surface area contributed by atoms with Crippen molar-refractivity contribution in [1.82, 2.24) is 5.43 Å². The smallest absolute Gasteiger partial charge is 0.339 e. The van der Waals surface area contributed by atoms with Gasteiger partial charge in [-0.05, 0) is 87.9 Å². The number of rotatable bonds is 4. The first-order valence-electron chi connectivity index (χ1n) is 10.3. The Balaban J connectivity index is 1.79. The van der Waals surface area contributed by atoms with Gasteiger partial charge in [0, 0.05) is 23.0 Å². The van der Waals surface area contributed by atoms with Crippen molar-refractivity contribution in [1.29, 1.82) is 0 Å². The molecule has 0 unspecified atom stereocenters. The molecule has 2 N–H and O–H groups in total. The maximum absolute atomic E-state index is 12.0. The minimum Gasteiger partial charge on any atom is -0.364 e. The van der Waals surface area contributed by atoms with Gasteiger partial charge < -0.3 is 10.2 Å². The Morgan fingerprint density at radius 3 is 2.59 bits per heavy atom. The average molecular weight is 393 g/mol. The molecule has 0 aromatic heterocycles. The monoisotopic (exact) mass is 392 g/mol. The van der Waals surface area contributed by atoms with Gasteiger partial charge in [0.15, 0.2) is 0 Å². The normalized spacial score (nSPS) is 18.0. The summed E-state index contributed by atoms with van der Waals surface area (Å²) < 4.78 is 0. The largest absolute Gasteiger partial charge is 0.364 e. The maximum atomic E-state index is 12.0. The summed E-state index contributed by atoms with van der Waals surface area (Å²) in [5.74, 6) is 0.470. The van der Waals surface area contributed by atoms with Crippen LogP contribution in [0.4, 0.5) is 16.2 Å². The predicted molar refractivity (Wildman–Crippen MR) is 122 cm³/mol. The fourth-order valence-corrected chi connectivity index (χ4v) is 4.57. The second-order valence-corrected chi connectivity index (χ2v) is 8.84. The van der Waals surface area contributed by atoms with Gasteiger partial charge in [0.1, 0.15) is 0 Å². The van der Waals surface area contributed by atoms with Crippen molar-refractivity contribution in [2.45, 2.75) is 65.5 Å². The first kappa shape index (κ1) is 20.9. The molecule has 1 atom stereocenters. The molecule has 2 aromatic carbocycles. The molecule has 1 heterocycles. The molecule has 2 aromatic rings. The zero-order valence-corrected chi connectivity index (χ0v) is 18.3. The van der Waals surface area contributed by atoms with Gasteiger partial charge in [-0.25, -0.2) is 10.2 Å². The number of aryl methyl sites for hydroxylation is 1. The third kappa shape index (κ3) is 4.61. The number of para-hydroxylation sites is 1. The first-order chi connectivity index (χ1) is 13.7. The van der Waals surface area contributed by atoms with Crippen LogP contribution >= 0.6 is 0 Å². The number of nitrogens with zero attached hydrogens (tertiary/aromatic N) is 2. The van der Waals surface area contributed by atoms with E-state index in [1.807, 2.05) is 30.3 Å². The predicted octanol–water partition coefficient (Wildman–Crippen LogP) is 5.65. The van der Waals surface area contributed by atoms with Gasteiger partial charge in [-0.3, -0.25) is 0 Å². The van der Waals surface area contributed by atoms with Gasteiger partial charge in [0.2, 0.25) is 0 Å². The third-order valence-electron chi connectivity index (χ3n) is 5.58. The summed E-state index contributed by atoms with van der Waals surface area (Å²) in [5.41, 5.74) is 8.24. The van der Waals surface area contributed by atoms with Gasteiger partial charge in [0.25, 0.3) is 0 Å². The lowest BCUT2D eigenvalue weighted by Gasteiger charge is -2.50. The van der Waals surface area contributed by atoms with Crippen LogP contribution in [0.3, 0.4) is 0 Å². The van der Waals surface area contributed by atoms with Crippen molar-refractivity contribution >= 4 is 23.6 Å². The second kappa shape index (κ2) is 8.27. The van der Waals surface area contributed by atoms with E-state index < -0.39 is 0 Å². The molecular weight excluding hydrogens is 360 g/mol. The van der Waals surface area contributed by atoms with E-state index in [2.05, 4.69) is 74.4 Å². The van der Waals surface area contributed by atoms with E-state index in [4.69, 9.17) is 0 Å². The number of fused-ring (bicyclic) bond motifs is 1. The number of carbonyl (C=O) groups is 1. The quantitative estimate of drug-likeness (QED) is 0.522. The van der Waals surface area contributed by atoms with Crippen LogP contribution in [0.25, 0.3) is 0 Å². The lowest BCUT2D eigenvalue weighted by Crippen LogP contribution is -2.51. The van der Waals surface area contributed by atoms with E-state index >= 15 is 0 Å². The molecule has 5 nitrogen and oxygen atoms in total. The van der Waals surface area contributed by atoms with Gasteiger partial charge in [-0.2, -0.15) is 5.10 Å². The van der Waals surface area contributed by atoms with E-state index in [9.17, 15) is 4.79 Å². The SMILES string of the molecule is Cc1cc2c(cc1/C=N/NC(=O)Nc1ccccc1)[C@H](C)CC(C)(C)N2C(C)C. The van der Waals surface area contributed by atoms with Crippen molar-refractivity contribution in [3.05, 3.63) is 59.2 Å². The van der Waals surface area contributed by atoms with Crippen LogP contribution in [-0.2, 0) is 0 Å². The van der Waals surface area contributed by atoms with Crippen LogP contribution < -0.4 is 15.6 Å². The lowest BCUT2D eigenvalue weighted by molar-refractivity contribution is 0.252. The Kier molecular flexibility index (Phi) is 5.96. The summed E-state index contributed by atoms with van der Waals surface area (Å²) >= 11 is 0. The average Bonchev–Trinajstić information content (AvgIpc) is 2.62. The van der Waals surface area contributed by atoms with Crippen LogP contribution in [-0.4, -0.2) is 23.8 Å². The molecule has 0 aliphatic carbocycles. The Hall–Kier alpha value is -2.82. The number of anilines is 2. The van der Waals surface area contributed by atoms with E-state index in [1.165, 1.54) is 11.3 Å². The van der Waals surface area contributed by atoms with E-state index in [1.54, 1.807) is 6.21 Å². The molecule has 29 heavy (non-hydrogen) atoms. The highest BCUT2D eigenvalue weighted by Gasteiger charge is 2.37. The van der Waals surface area contributed by atoms with Crippen LogP contribution in [0.5, 0.6) is 0 Å². The Morgan fingerprint density at radius 2 is 1.93 bits per heavy atom. The van der Waals surface area contributed by atoms with Crippen LogP contribution in [0.2, 0.25) is 0 Å². The van der Waals surface area contributed by atoms with E-state index in [-0.39, 0.29) is 11.6 Å². The number of nitrogens with one attached hydrogen (secondary N) is 2. The molecule has 1 aliphatic rings. The van der Waals surface area contributed by atoms with Gasteiger partial charge >= 0.3 is 6.03 Å². The van der Waals surface area contributed by atoms with Gasteiger partial charge in [-0.1, -0.05) is 25.1 Å². The molecule has 3 rings (SSSR count). The lowest BCUT2D eigenvalue weighted by atomic mass is 9.78. The Bertz CT molecular complexity index is 903. The fraction of sp³-hybridized carbons (Fsp3) is 0.417. The highest BCUT2D eigenvalue weighted by Crippen LogP contribution is 2.45. The Labute approximate surface area is 174 Å². The highest BCUT2D eigenvalue weighted by molar-refractivity contribution is 5.91. The standard InChI is InChI=1S/C24H32N4O/c1-16(2)28-22-12-17(3)19(13-21(22)18(4)14-24(28,5)6)15-25-27-23(29)26-20-10-8-7-9-11-20/h7-13,15-16,18H,14H2,1-6H3,(H2,26,27,29)/b25-15+/t18-/m1/s1. The molecule has 0 radical (unpaired) electrons. The number of benzene rings is 2.